The standard InChI is InChI=1S/C17H29N5O2S2/c1-13(2)16-18-21(17(25)22(16)14-3-4-14)12-19-6-8-20(9-7-19)15-5-10-26(23,24)11-15/h13-15H,3-12H2,1-2H3/t15-/m1/s1. The van der Waals surface area contributed by atoms with Crippen molar-refractivity contribution in [3.8, 4) is 0 Å². The minimum atomic E-state index is -2.81. The van der Waals surface area contributed by atoms with Crippen LogP contribution in [0.4, 0.5) is 0 Å². The second-order valence-corrected chi connectivity index (χ2v) is 10.8. The normalized spacial score (nSPS) is 27.4. The Morgan fingerprint density at radius 2 is 1.81 bits per heavy atom. The van der Waals surface area contributed by atoms with Gasteiger partial charge < -0.3 is 4.57 Å². The van der Waals surface area contributed by atoms with Crippen molar-refractivity contribution in [1.29, 1.82) is 0 Å². The molecule has 3 fully saturated rings. The van der Waals surface area contributed by atoms with Crippen LogP contribution >= 0.6 is 12.2 Å². The van der Waals surface area contributed by atoms with E-state index in [-0.39, 0.29) is 6.04 Å². The van der Waals surface area contributed by atoms with Gasteiger partial charge in [0.25, 0.3) is 0 Å². The highest BCUT2D eigenvalue weighted by atomic mass is 32.2. The van der Waals surface area contributed by atoms with E-state index in [0.29, 0.717) is 23.5 Å². The van der Waals surface area contributed by atoms with Crippen molar-refractivity contribution in [2.75, 3.05) is 37.7 Å². The minimum Gasteiger partial charge on any atom is -0.301 e. The Balaban J connectivity index is 1.39. The maximum absolute atomic E-state index is 11.7. The van der Waals surface area contributed by atoms with Crippen LogP contribution in [0.15, 0.2) is 0 Å². The summed E-state index contributed by atoms with van der Waals surface area (Å²) in [5.41, 5.74) is 0. The first-order chi connectivity index (χ1) is 12.3. The molecule has 1 aliphatic carbocycles. The minimum absolute atomic E-state index is 0.214. The zero-order valence-electron chi connectivity index (χ0n) is 15.7. The van der Waals surface area contributed by atoms with Crippen LogP contribution in [0, 0.1) is 4.77 Å². The summed E-state index contributed by atoms with van der Waals surface area (Å²) in [5, 5.41) is 4.82. The molecule has 0 bridgehead atoms. The van der Waals surface area contributed by atoms with E-state index in [0.717, 1.165) is 49.9 Å². The molecule has 4 rings (SSSR count). The summed E-state index contributed by atoms with van der Waals surface area (Å²) >= 11 is 5.71. The van der Waals surface area contributed by atoms with Crippen LogP contribution in [0.25, 0.3) is 0 Å². The first kappa shape index (κ1) is 18.6. The van der Waals surface area contributed by atoms with Crippen LogP contribution in [0.5, 0.6) is 0 Å². The number of rotatable bonds is 5. The zero-order valence-corrected chi connectivity index (χ0v) is 17.3. The molecule has 7 nitrogen and oxygen atoms in total. The van der Waals surface area contributed by atoms with Crippen molar-refractivity contribution in [2.45, 2.75) is 57.8 Å². The van der Waals surface area contributed by atoms with E-state index in [1.807, 2.05) is 4.68 Å². The molecule has 2 aliphatic heterocycles. The van der Waals surface area contributed by atoms with Gasteiger partial charge in [-0.3, -0.25) is 9.80 Å². The average Bonchev–Trinajstić information content (AvgIpc) is 3.28. The third-order valence-electron chi connectivity index (χ3n) is 5.79. The number of nitrogens with zero attached hydrogens (tertiary/aromatic N) is 5. The van der Waals surface area contributed by atoms with Crippen LogP contribution in [0.1, 0.15) is 50.9 Å². The fraction of sp³-hybridized carbons (Fsp3) is 0.882. The monoisotopic (exact) mass is 399 g/mol. The molecule has 0 aromatic carbocycles. The highest BCUT2D eigenvalue weighted by Gasteiger charge is 2.34. The molecule has 0 N–H and O–H groups in total. The summed E-state index contributed by atoms with van der Waals surface area (Å²) in [6, 6.07) is 0.765. The smallest absolute Gasteiger partial charge is 0.199 e. The van der Waals surface area contributed by atoms with Gasteiger partial charge in [-0.05, 0) is 31.5 Å². The summed E-state index contributed by atoms with van der Waals surface area (Å²) in [6.45, 7) is 8.80. The lowest BCUT2D eigenvalue weighted by Crippen LogP contribution is -2.51. The van der Waals surface area contributed by atoms with Crippen LogP contribution in [-0.4, -0.2) is 76.3 Å². The third-order valence-corrected chi connectivity index (χ3v) is 7.95. The first-order valence-electron chi connectivity index (χ1n) is 9.70. The summed E-state index contributed by atoms with van der Waals surface area (Å²) in [4.78, 5) is 4.73. The van der Waals surface area contributed by atoms with Crippen LogP contribution < -0.4 is 0 Å². The molecule has 1 atom stereocenters. The van der Waals surface area contributed by atoms with Crippen molar-refractivity contribution < 1.29 is 8.42 Å². The quantitative estimate of drug-likeness (QED) is 0.702. The van der Waals surface area contributed by atoms with E-state index in [2.05, 4.69) is 28.2 Å². The Morgan fingerprint density at radius 1 is 1.12 bits per heavy atom. The largest absolute Gasteiger partial charge is 0.301 e. The third kappa shape index (κ3) is 3.76. The van der Waals surface area contributed by atoms with Gasteiger partial charge in [0, 0.05) is 44.2 Å². The molecule has 0 amide bonds. The van der Waals surface area contributed by atoms with E-state index in [4.69, 9.17) is 17.3 Å². The zero-order chi connectivity index (χ0) is 18.5. The average molecular weight is 400 g/mol. The predicted octanol–water partition coefficient (Wildman–Crippen LogP) is 1.63. The maximum atomic E-state index is 11.7. The van der Waals surface area contributed by atoms with Gasteiger partial charge in [-0.15, -0.1) is 0 Å². The molecule has 3 aliphatic rings. The fourth-order valence-corrected chi connectivity index (χ4v) is 6.22. The molecular weight excluding hydrogens is 370 g/mol. The van der Waals surface area contributed by atoms with Gasteiger partial charge in [0.2, 0.25) is 0 Å². The molecule has 0 spiro atoms. The van der Waals surface area contributed by atoms with Crippen LogP contribution in [0.2, 0.25) is 0 Å². The topological polar surface area (TPSA) is 63.4 Å². The van der Waals surface area contributed by atoms with Crippen molar-refractivity contribution in [3.63, 3.8) is 0 Å². The fourth-order valence-electron chi connectivity index (χ4n) is 4.12. The molecule has 0 radical (unpaired) electrons. The number of piperazine rings is 1. The molecule has 2 saturated heterocycles. The van der Waals surface area contributed by atoms with Gasteiger partial charge in [0.1, 0.15) is 5.82 Å². The van der Waals surface area contributed by atoms with E-state index in [1.165, 1.54) is 12.8 Å². The van der Waals surface area contributed by atoms with Gasteiger partial charge in [0.15, 0.2) is 14.6 Å². The van der Waals surface area contributed by atoms with E-state index in [1.54, 1.807) is 0 Å². The Bertz CT molecular complexity index is 817. The second-order valence-electron chi connectivity index (χ2n) is 8.25. The summed E-state index contributed by atoms with van der Waals surface area (Å²) in [5.74, 6) is 2.16. The lowest BCUT2D eigenvalue weighted by Gasteiger charge is -2.37. The Labute approximate surface area is 160 Å². The van der Waals surface area contributed by atoms with E-state index < -0.39 is 9.84 Å². The maximum Gasteiger partial charge on any atom is 0.199 e. The van der Waals surface area contributed by atoms with Crippen LogP contribution in [-0.2, 0) is 16.5 Å². The number of aromatic nitrogens is 3. The molecule has 1 aromatic rings. The van der Waals surface area contributed by atoms with E-state index in [9.17, 15) is 8.42 Å². The predicted molar refractivity (Wildman–Crippen MR) is 104 cm³/mol. The van der Waals surface area contributed by atoms with E-state index >= 15 is 0 Å². The Hall–Kier alpha value is -0.770. The Kier molecular flexibility index (Phi) is 5.00. The SMILES string of the molecule is CC(C)c1nn(CN2CCN([C@@H]3CCS(=O)(=O)C3)CC2)c(=S)n1C1CC1. The highest BCUT2D eigenvalue weighted by molar-refractivity contribution is 7.91. The van der Waals surface area contributed by atoms with Crippen molar-refractivity contribution in [2.24, 2.45) is 0 Å². The molecule has 1 saturated carbocycles. The molecule has 9 heteroatoms. The van der Waals surface area contributed by atoms with Crippen molar-refractivity contribution in [1.82, 2.24) is 24.1 Å². The highest BCUT2D eigenvalue weighted by Crippen LogP contribution is 2.37. The van der Waals surface area contributed by atoms with Gasteiger partial charge in [-0.25, -0.2) is 13.1 Å². The van der Waals surface area contributed by atoms with Crippen LogP contribution in [0.3, 0.4) is 0 Å². The number of hydrogen-bond acceptors (Lipinski definition) is 6. The number of hydrogen-bond donors (Lipinski definition) is 0. The molecule has 3 heterocycles. The van der Waals surface area contributed by atoms with Gasteiger partial charge in [0.05, 0.1) is 18.2 Å². The van der Waals surface area contributed by atoms with Gasteiger partial charge in [-0.1, -0.05) is 13.8 Å². The molecule has 26 heavy (non-hydrogen) atoms. The van der Waals surface area contributed by atoms with Crippen molar-refractivity contribution in [3.05, 3.63) is 10.6 Å². The molecule has 0 unspecified atom stereocenters. The molecule has 146 valence electrons. The molecular formula is C17H29N5O2S2. The summed E-state index contributed by atoms with van der Waals surface area (Å²) < 4.78 is 28.5. The first-order valence-corrected chi connectivity index (χ1v) is 11.9. The van der Waals surface area contributed by atoms with Gasteiger partial charge >= 0.3 is 0 Å². The molecule has 1 aromatic heterocycles. The summed E-state index contributed by atoms with van der Waals surface area (Å²) in [7, 11) is -2.81. The summed E-state index contributed by atoms with van der Waals surface area (Å²) in [6.07, 6.45) is 3.21. The van der Waals surface area contributed by atoms with Crippen molar-refractivity contribution >= 4 is 22.1 Å². The Morgan fingerprint density at radius 3 is 2.35 bits per heavy atom. The lowest BCUT2D eigenvalue weighted by atomic mass is 10.2. The number of sulfone groups is 1. The van der Waals surface area contributed by atoms with Gasteiger partial charge in [-0.2, -0.15) is 5.10 Å². The lowest BCUT2D eigenvalue weighted by molar-refractivity contribution is 0.0806. The second kappa shape index (κ2) is 7.00.